The van der Waals surface area contributed by atoms with Crippen LogP contribution in [0.4, 0.5) is 0 Å². The maximum Gasteiger partial charge on any atom is 0.0945 e. The third kappa shape index (κ3) is 4.02. The highest BCUT2D eigenvalue weighted by molar-refractivity contribution is 7.09. The van der Waals surface area contributed by atoms with Crippen molar-refractivity contribution in [2.75, 3.05) is 13.1 Å². The van der Waals surface area contributed by atoms with Crippen LogP contribution in [-0.4, -0.2) is 18.1 Å². The van der Waals surface area contributed by atoms with Crippen molar-refractivity contribution in [1.29, 1.82) is 0 Å². The van der Waals surface area contributed by atoms with Crippen molar-refractivity contribution in [3.05, 3.63) is 52.9 Å². The second-order valence-electron chi connectivity index (χ2n) is 5.15. The lowest BCUT2D eigenvalue weighted by Gasteiger charge is -2.05. The zero-order valence-corrected chi connectivity index (χ0v) is 13.0. The van der Waals surface area contributed by atoms with Gasteiger partial charge in [0.1, 0.15) is 0 Å². The van der Waals surface area contributed by atoms with Crippen LogP contribution >= 0.6 is 11.3 Å². The molecule has 0 aliphatic heterocycles. The third-order valence-electron chi connectivity index (χ3n) is 3.23. The van der Waals surface area contributed by atoms with E-state index < -0.39 is 0 Å². The molecule has 1 aromatic heterocycles. The van der Waals surface area contributed by atoms with Crippen LogP contribution in [0.2, 0.25) is 0 Å². The van der Waals surface area contributed by atoms with Crippen molar-refractivity contribution < 1.29 is 0 Å². The van der Waals surface area contributed by atoms with Crippen molar-refractivity contribution >= 4 is 11.3 Å². The average Bonchev–Trinajstić information content (AvgIpc) is 2.92. The van der Waals surface area contributed by atoms with Crippen molar-refractivity contribution in [2.24, 2.45) is 0 Å². The van der Waals surface area contributed by atoms with Gasteiger partial charge < -0.3 is 5.32 Å². The van der Waals surface area contributed by atoms with E-state index in [-0.39, 0.29) is 0 Å². The van der Waals surface area contributed by atoms with Crippen LogP contribution in [0.5, 0.6) is 0 Å². The molecule has 0 amide bonds. The minimum atomic E-state index is 0.575. The van der Waals surface area contributed by atoms with Crippen LogP contribution in [0.3, 0.4) is 0 Å². The summed E-state index contributed by atoms with van der Waals surface area (Å²) in [7, 11) is 0. The molecule has 0 saturated carbocycles. The van der Waals surface area contributed by atoms with Gasteiger partial charge in [-0.05, 0) is 11.5 Å². The van der Waals surface area contributed by atoms with E-state index in [2.05, 4.69) is 55.4 Å². The second kappa shape index (κ2) is 7.36. The second-order valence-corrected chi connectivity index (χ2v) is 6.09. The van der Waals surface area contributed by atoms with Crippen molar-refractivity contribution in [3.63, 3.8) is 0 Å². The summed E-state index contributed by atoms with van der Waals surface area (Å²) in [4.78, 5) is 4.71. The van der Waals surface area contributed by atoms with Gasteiger partial charge >= 0.3 is 0 Å². The van der Waals surface area contributed by atoms with E-state index in [1.54, 1.807) is 11.3 Å². The molecule has 0 aliphatic rings. The zero-order chi connectivity index (χ0) is 14.4. The van der Waals surface area contributed by atoms with Gasteiger partial charge in [-0.3, -0.25) is 0 Å². The van der Waals surface area contributed by atoms with Crippen molar-refractivity contribution in [3.8, 4) is 11.3 Å². The summed E-state index contributed by atoms with van der Waals surface area (Å²) in [6, 6.07) is 8.74. The standard InChI is InChI=1S/C17H22N2S/c1-4-10-18-11-9-17-19-16(12-20-17)15-7-5-14(6-8-15)13(2)3/h4-8,12-13,18H,1,9-11H2,2-3H3. The lowest BCUT2D eigenvalue weighted by atomic mass is 10.0. The molecule has 3 heteroatoms. The molecule has 2 rings (SSSR count). The lowest BCUT2D eigenvalue weighted by molar-refractivity contribution is 0.742. The van der Waals surface area contributed by atoms with E-state index in [1.165, 1.54) is 16.1 Å². The summed E-state index contributed by atoms with van der Waals surface area (Å²) in [6.07, 6.45) is 2.85. The highest BCUT2D eigenvalue weighted by Gasteiger charge is 2.05. The highest BCUT2D eigenvalue weighted by Crippen LogP contribution is 2.24. The number of thiazole rings is 1. The van der Waals surface area contributed by atoms with E-state index in [1.807, 2.05) is 6.08 Å². The van der Waals surface area contributed by atoms with Crippen LogP contribution in [0.25, 0.3) is 11.3 Å². The first-order valence-corrected chi connectivity index (χ1v) is 7.95. The van der Waals surface area contributed by atoms with Crippen LogP contribution in [0.1, 0.15) is 30.3 Å². The van der Waals surface area contributed by atoms with Gasteiger partial charge in [0.15, 0.2) is 0 Å². The Bertz CT molecular complexity index is 540. The number of aromatic nitrogens is 1. The molecular formula is C17H22N2S. The Balaban J connectivity index is 1.99. The average molecular weight is 286 g/mol. The number of nitrogens with one attached hydrogen (secondary N) is 1. The summed E-state index contributed by atoms with van der Waals surface area (Å²) in [5, 5.41) is 6.63. The Morgan fingerprint density at radius 2 is 2.05 bits per heavy atom. The lowest BCUT2D eigenvalue weighted by Crippen LogP contribution is -2.16. The van der Waals surface area contributed by atoms with E-state index in [4.69, 9.17) is 4.98 Å². The van der Waals surface area contributed by atoms with Gasteiger partial charge in [0.25, 0.3) is 0 Å². The molecule has 0 fully saturated rings. The maximum atomic E-state index is 4.71. The first-order valence-electron chi connectivity index (χ1n) is 7.07. The van der Waals surface area contributed by atoms with Gasteiger partial charge in [0.05, 0.1) is 10.7 Å². The third-order valence-corrected chi connectivity index (χ3v) is 4.14. The molecule has 0 atom stereocenters. The number of hydrogen-bond donors (Lipinski definition) is 1. The largest absolute Gasteiger partial charge is 0.313 e. The minimum absolute atomic E-state index is 0.575. The molecule has 20 heavy (non-hydrogen) atoms. The van der Waals surface area contributed by atoms with Crippen LogP contribution in [-0.2, 0) is 6.42 Å². The molecule has 0 spiro atoms. The van der Waals surface area contributed by atoms with Gasteiger partial charge in [0.2, 0.25) is 0 Å². The molecule has 0 saturated heterocycles. The summed E-state index contributed by atoms with van der Waals surface area (Å²) in [5.74, 6) is 0.575. The molecule has 1 N–H and O–H groups in total. The molecule has 0 unspecified atom stereocenters. The molecule has 1 aromatic carbocycles. The normalized spacial score (nSPS) is 10.9. The number of benzene rings is 1. The van der Waals surface area contributed by atoms with Crippen molar-refractivity contribution in [2.45, 2.75) is 26.2 Å². The number of nitrogens with zero attached hydrogens (tertiary/aromatic N) is 1. The smallest absolute Gasteiger partial charge is 0.0945 e. The summed E-state index contributed by atoms with van der Waals surface area (Å²) < 4.78 is 0. The summed E-state index contributed by atoms with van der Waals surface area (Å²) >= 11 is 1.74. The van der Waals surface area contributed by atoms with Crippen molar-refractivity contribution in [1.82, 2.24) is 10.3 Å². The summed E-state index contributed by atoms with van der Waals surface area (Å²) in [6.45, 7) is 9.93. The van der Waals surface area contributed by atoms with Gasteiger partial charge in [0, 0.05) is 30.5 Å². The molecule has 1 heterocycles. The predicted molar refractivity (Wildman–Crippen MR) is 88.4 cm³/mol. The Morgan fingerprint density at radius 1 is 1.30 bits per heavy atom. The summed E-state index contributed by atoms with van der Waals surface area (Å²) in [5.41, 5.74) is 3.66. The Morgan fingerprint density at radius 3 is 2.70 bits per heavy atom. The van der Waals surface area contributed by atoms with Gasteiger partial charge in [-0.2, -0.15) is 0 Å². The molecule has 0 aliphatic carbocycles. The number of rotatable bonds is 7. The molecule has 2 aromatic rings. The zero-order valence-electron chi connectivity index (χ0n) is 12.2. The Hall–Kier alpha value is -1.45. The highest BCUT2D eigenvalue weighted by atomic mass is 32.1. The van der Waals surface area contributed by atoms with Crippen LogP contribution in [0, 0.1) is 0 Å². The molecule has 106 valence electrons. The Labute approximate surface area is 125 Å². The SMILES string of the molecule is C=CCNCCc1nc(-c2ccc(C(C)C)cc2)cs1. The van der Waals surface area contributed by atoms with Gasteiger partial charge in [-0.1, -0.05) is 44.2 Å². The molecule has 0 radical (unpaired) electrons. The van der Waals surface area contributed by atoms with E-state index in [9.17, 15) is 0 Å². The number of hydrogen-bond acceptors (Lipinski definition) is 3. The fraction of sp³-hybridized carbons (Fsp3) is 0.353. The molecule has 0 bridgehead atoms. The topological polar surface area (TPSA) is 24.9 Å². The predicted octanol–water partition coefficient (Wildman–Crippen LogP) is 4.25. The van der Waals surface area contributed by atoms with E-state index in [0.717, 1.165) is 25.2 Å². The van der Waals surface area contributed by atoms with Gasteiger partial charge in [-0.15, -0.1) is 17.9 Å². The maximum absolute atomic E-state index is 4.71. The van der Waals surface area contributed by atoms with E-state index in [0.29, 0.717) is 5.92 Å². The minimum Gasteiger partial charge on any atom is -0.313 e. The van der Waals surface area contributed by atoms with E-state index >= 15 is 0 Å². The fourth-order valence-corrected chi connectivity index (χ4v) is 2.80. The fourth-order valence-electron chi connectivity index (χ4n) is 2.00. The van der Waals surface area contributed by atoms with Gasteiger partial charge in [-0.25, -0.2) is 4.98 Å². The quantitative estimate of drug-likeness (QED) is 0.608. The van der Waals surface area contributed by atoms with Crippen LogP contribution < -0.4 is 5.32 Å². The monoisotopic (exact) mass is 286 g/mol. The molecular weight excluding hydrogens is 264 g/mol. The first kappa shape index (κ1) is 14.9. The first-order chi connectivity index (χ1) is 9.70. The molecule has 2 nitrogen and oxygen atoms in total. The van der Waals surface area contributed by atoms with Crippen LogP contribution in [0.15, 0.2) is 42.3 Å². The Kier molecular flexibility index (Phi) is 5.50.